The number of aromatic nitrogens is 2. The highest BCUT2D eigenvalue weighted by Crippen LogP contribution is 2.12. The van der Waals surface area contributed by atoms with Gasteiger partial charge in [-0.2, -0.15) is 0 Å². The van der Waals surface area contributed by atoms with Gasteiger partial charge in [-0.1, -0.05) is 0 Å². The molecule has 0 saturated carbocycles. The summed E-state index contributed by atoms with van der Waals surface area (Å²) < 4.78 is 0. The molecule has 1 aliphatic heterocycles. The highest BCUT2D eigenvalue weighted by atomic mass is 15.2. The van der Waals surface area contributed by atoms with Gasteiger partial charge in [-0.25, -0.2) is 9.97 Å². The Morgan fingerprint density at radius 2 is 2.06 bits per heavy atom. The van der Waals surface area contributed by atoms with Crippen LogP contribution in [-0.4, -0.2) is 36.1 Å². The fourth-order valence-corrected chi connectivity index (χ4v) is 2.20. The van der Waals surface area contributed by atoms with Crippen molar-refractivity contribution in [2.24, 2.45) is 0 Å². The van der Waals surface area contributed by atoms with E-state index in [0.29, 0.717) is 6.04 Å². The zero-order valence-electron chi connectivity index (χ0n) is 10.3. The van der Waals surface area contributed by atoms with E-state index in [1.165, 1.54) is 12.8 Å². The minimum Gasteiger partial charge on any atom is -0.342 e. The number of likely N-dealkylation sites (N-methyl/N-ethyl adjacent to an activating group) is 1. The molecule has 2 heterocycles. The van der Waals surface area contributed by atoms with Crippen LogP contribution < -0.4 is 10.2 Å². The van der Waals surface area contributed by atoms with Crippen LogP contribution >= 0.6 is 0 Å². The highest BCUT2D eigenvalue weighted by molar-refractivity contribution is 5.31. The molecule has 1 aromatic rings. The number of rotatable bonds is 3. The summed E-state index contributed by atoms with van der Waals surface area (Å²) in [5.74, 6) is 0.839. The van der Waals surface area contributed by atoms with Gasteiger partial charge in [-0.05, 0) is 39.3 Å². The molecule has 88 valence electrons. The molecule has 0 radical (unpaired) electrons. The third-order valence-electron chi connectivity index (χ3n) is 2.97. The van der Waals surface area contributed by atoms with Gasteiger partial charge in [-0.15, -0.1) is 0 Å². The number of anilines is 1. The summed E-state index contributed by atoms with van der Waals surface area (Å²) in [6.07, 6.45) is 2.54. The molecule has 2 rings (SSSR count). The summed E-state index contributed by atoms with van der Waals surface area (Å²) in [5, 5.41) is 3.49. The first-order chi connectivity index (χ1) is 7.65. The predicted molar refractivity (Wildman–Crippen MR) is 65.8 cm³/mol. The van der Waals surface area contributed by atoms with E-state index in [1.807, 2.05) is 19.9 Å². The molecule has 0 bridgehead atoms. The van der Waals surface area contributed by atoms with Crippen molar-refractivity contribution in [3.05, 3.63) is 17.5 Å². The average Bonchev–Trinajstić information content (AvgIpc) is 2.68. The summed E-state index contributed by atoms with van der Waals surface area (Å²) in [4.78, 5) is 11.1. The topological polar surface area (TPSA) is 41.1 Å². The maximum Gasteiger partial charge on any atom is 0.225 e. The molecular formula is C12H20N4. The molecule has 1 saturated heterocycles. The van der Waals surface area contributed by atoms with Gasteiger partial charge in [-0.3, -0.25) is 0 Å². The van der Waals surface area contributed by atoms with Gasteiger partial charge in [0, 0.05) is 31.0 Å². The van der Waals surface area contributed by atoms with Gasteiger partial charge in [0.05, 0.1) is 0 Å². The summed E-state index contributed by atoms with van der Waals surface area (Å²) in [7, 11) is 2.06. The molecule has 0 aliphatic carbocycles. The molecule has 0 spiro atoms. The highest BCUT2D eigenvalue weighted by Gasteiger charge is 2.17. The lowest BCUT2D eigenvalue weighted by Gasteiger charge is -2.21. The van der Waals surface area contributed by atoms with E-state index in [0.717, 1.165) is 30.4 Å². The van der Waals surface area contributed by atoms with Crippen molar-refractivity contribution >= 4 is 5.95 Å². The fraction of sp³-hybridized carbons (Fsp3) is 0.667. The van der Waals surface area contributed by atoms with Crippen LogP contribution in [0.3, 0.4) is 0 Å². The Kier molecular flexibility index (Phi) is 3.39. The minimum atomic E-state index is 0.592. The minimum absolute atomic E-state index is 0.592. The zero-order valence-corrected chi connectivity index (χ0v) is 10.3. The summed E-state index contributed by atoms with van der Waals surface area (Å²) in [6, 6.07) is 2.60. The first kappa shape index (κ1) is 11.3. The van der Waals surface area contributed by atoms with Crippen molar-refractivity contribution in [2.75, 3.05) is 25.0 Å². The van der Waals surface area contributed by atoms with Crippen LogP contribution in [0.1, 0.15) is 24.2 Å². The predicted octanol–water partition coefficient (Wildman–Crippen LogP) is 1.28. The van der Waals surface area contributed by atoms with Crippen molar-refractivity contribution in [1.82, 2.24) is 15.3 Å². The quantitative estimate of drug-likeness (QED) is 0.833. The van der Waals surface area contributed by atoms with Crippen LogP contribution in [0.15, 0.2) is 6.07 Å². The van der Waals surface area contributed by atoms with E-state index in [2.05, 4.69) is 27.2 Å². The molecule has 1 aliphatic rings. The molecular weight excluding hydrogens is 200 g/mol. The Balaban J connectivity index is 2.04. The monoisotopic (exact) mass is 220 g/mol. The molecule has 0 amide bonds. The SMILES string of the molecule is Cc1cc(C)nc(N(C)C[C@@H]2CCCN2)n1. The lowest BCUT2D eigenvalue weighted by Crippen LogP contribution is -2.36. The van der Waals surface area contributed by atoms with Crippen molar-refractivity contribution in [1.29, 1.82) is 0 Å². The molecule has 1 N–H and O–H groups in total. The second-order valence-electron chi connectivity index (χ2n) is 4.62. The lowest BCUT2D eigenvalue weighted by molar-refractivity contribution is 0.593. The molecule has 1 fully saturated rings. The second-order valence-corrected chi connectivity index (χ2v) is 4.62. The van der Waals surface area contributed by atoms with Crippen molar-refractivity contribution in [2.45, 2.75) is 32.7 Å². The van der Waals surface area contributed by atoms with Gasteiger partial charge in [0.2, 0.25) is 5.95 Å². The summed E-state index contributed by atoms with van der Waals surface area (Å²) in [6.45, 7) is 6.16. The first-order valence-electron chi connectivity index (χ1n) is 5.92. The second kappa shape index (κ2) is 4.78. The van der Waals surface area contributed by atoms with E-state index < -0.39 is 0 Å². The van der Waals surface area contributed by atoms with Gasteiger partial charge >= 0.3 is 0 Å². The largest absolute Gasteiger partial charge is 0.342 e. The molecule has 1 atom stereocenters. The number of hydrogen-bond acceptors (Lipinski definition) is 4. The molecule has 4 nitrogen and oxygen atoms in total. The molecule has 4 heteroatoms. The van der Waals surface area contributed by atoms with E-state index in [9.17, 15) is 0 Å². The maximum absolute atomic E-state index is 4.46. The van der Waals surface area contributed by atoms with Crippen LogP contribution in [0.4, 0.5) is 5.95 Å². The Bertz CT molecular complexity index is 338. The molecule has 0 aromatic carbocycles. The number of aryl methyl sites for hydroxylation is 2. The van der Waals surface area contributed by atoms with Gasteiger partial charge in [0.25, 0.3) is 0 Å². The van der Waals surface area contributed by atoms with Crippen LogP contribution in [0.5, 0.6) is 0 Å². The van der Waals surface area contributed by atoms with Crippen LogP contribution in [0.25, 0.3) is 0 Å². The molecule has 1 aromatic heterocycles. The third-order valence-corrected chi connectivity index (χ3v) is 2.97. The third kappa shape index (κ3) is 2.70. The number of nitrogens with zero attached hydrogens (tertiary/aromatic N) is 3. The summed E-state index contributed by atoms with van der Waals surface area (Å²) in [5.41, 5.74) is 2.07. The lowest BCUT2D eigenvalue weighted by atomic mass is 10.2. The number of nitrogens with one attached hydrogen (secondary N) is 1. The Labute approximate surface area is 97.1 Å². The van der Waals surface area contributed by atoms with E-state index in [4.69, 9.17) is 0 Å². The Morgan fingerprint density at radius 1 is 1.38 bits per heavy atom. The van der Waals surface area contributed by atoms with Crippen LogP contribution in [-0.2, 0) is 0 Å². The van der Waals surface area contributed by atoms with Gasteiger partial charge < -0.3 is 10.2 Å². The van der Waals surface area contributed by atoms with E-state index in [1.54, 1.807) is 0 Å². The number of hydrogen-bond donors (Lipinski definition) is 1. The van der Waals surface area contributed by atoms with Crippen molar-refractivity contribution in [3.8, 4) is 0 Å². The smallest absolute Gasteiger partial charge is 0.225 e. The Morgan fingerprint density at radius 3 is 2.62 bits per heavy atom. The van der Waals surface area contributed by atoms with Crippen LogP contribution in [0.2, 0.25) is 0 Å². The average molecular weight is 220 g/mol. The Hall–Kier alpha value is -1.16. The molecule has 0 unspecified atom stereocenters. The zero-order chi connectivity index (χ0) is 11.5. The molecule has 16 heavy (non-hydrogen) atoms. The van der Waals surface area contributed by atoms with Crippen LogP contribution in [0, 0.1) is 13.8 Å². The van der Waals surface area contributed by atoms with Crippen molar-refractivity contribution < 1.29 is 0 Å². The maximum atomic E-state index is 4.46. The first-order valence-corrected chi connectivity index (χ1v) is 5.92. The van der Waals surface area contributed by atoms with Gasteiger partial charge in [0.15, 0.2) is 0 Å². The van der Waals surface area contributed by atoms with Crippen molar-refractivity contribution in [3.63, 3.8) is 0 Å². The van der Waals surface area contributed by atoms with E-state index >= 15 is 0 Å². The van der Waals surface area contributed by atoms with E-state index in [-0.39, 0.29) is 0 Å². The summed E-state index contributed by atoms with van der Waals surface area (Å²) >= 11 is 0. The standard InChI is InChI=1S/C12H20N4/c1-9-7-10(2)15-12(14-9)16(3)8-11-5-4-6-13-11/h7,11,13H,4-6,8H2,1-3H3/t11-/m0/s1. The normalized spacial score (nSPS) is 20.1. The van der Waals surface area contributed by atoms with Gasteiger partial charge in [0.1, 0.15) is 0 Å². The fourth-order valence-electron chi connectivity index (χ4n) is 2.20.